The van der Waals surface area contributed by atoms with Crippen LogP contribution in [0.3, 0.4) is 0 Å². The Balaban J connectivity index is 1.85. The molecule has 43 heavy (non-hydrogen) atoms. The number of hydrogen-bond acceptors (Lipinski definition) is 8. The van der Waals surface area contributed by atoms with E-state index in [2.05, 4.69) is 24.1 Å². The molecule has 0 atom stereocenters. The molecule has 1 N–H and O–H groups in total. The number of nitrogens with zero attached hydrogens (tertiary/aromatic N) is 2. The lowest BCUT2D eigenvalue weighted by Crippen LogP contribution is -2.49. The topological polar surface area (TPSA) is 99.1 Å². The summed E-state index contributed by atoms with van der Waals surface area (Å²) in [5.74, 6) is -2.65. The van der Waals surface area contributed by atoms with Crippen LogP contribution in [0.5, 0.6) is 5.75 Å². The molecular formula is C34H41N3O6. The van der Waals surface area contributed by atoms with Gasteiger partial charge in [0.15, 0.2) is 5.43 Å². The molecule has 0 radical (unpaired) electrons. The fraction of sp³-hybridized carbons (Fsp3) is 0.441. The standard InChI is InChI=1S/C34H41N3O6/c1-8-37(9-2)16-12-15-35-26-19-28-30(34(41-21(3)38,42-22(4)39)20-33(5,6)43-28)31-29(26)32(40)25-17-23-13-10-11-14-24(23)18-27(25)36(31)7/h10-11,13-14,17-19,35H,8-9,12,15-16,20H2,1-7H3. The van der Waals surface area contributed by atoms with E-state index in [9.17, 15) is 14.4 Å². The molecule has 0 unspecified atom stereocenters. The molecule has 2 heterocycles. The van der Waals surface area contributed by atoms with Gasteiger partial charge in [0.2, 0.25) is 0 Å². The zero-order valence-electron chi connectivity index (χ0n) is 26.1. The minimum atomic E-state index is -1.80. The largest absolute Gasteiger partial charge is 0.487 e. The molecule has 3 aromatic carbocycles. The van der Waals surface area contributed by atoms with E-state index in [1.165, 1.54) is 13.8 Å². The Hall–Kier alpha value is -4.11. The molecule has 0 aliphatic carbocycles. The fourth-order valence-corrected chi connectivity index (χ4v) is 6.45. The Kier molecular flexibility index (Phi) is 8.13. The van der Waals surface area contributed by atoms with Crippen molar-refractivity contribution in [1.82, 2.24) is 9.47 Å². The van der Waals surface area contributed by atoms with Gasteiger partial charge in [-0.2, -0.15) is 0 Å². The highest BCUT2D eigenvalue weighted by molar-refractivity contribution is 6.06. The molecule has 1 aliphatic heterocycles. The second-order valence-electron chi connectivity index (χ2n) is 11.9. The Labute approximate surface area is 251 Å². The van der Waals surface area contributed by atoms with Crippen molar-refractivity contribution in [2.45, 2.75) is 65.8 Å². The second-order valence-corrected chi connectivity index (χ2v) is 11.9. The van der Waals surface area contributed by atoms with Crippen molar-refractivity contribution in [1.29, 1.82) is 0 Å². The average Bonchev–Trinajstić information content (AvgIpc) is 2.93. The van der Waals surface area contributed by atoms with Gasteiger partial charge in [0.1, 0.15) is 16.9 Å². The molecule has 5 rings (SSSR count). The van der Waals surface area contributed by atoms with Gasteiger partial charge in [0.25, 0.3) is 5.79 Å². The van der Waals surface area contributed by atoms with Crippen LogP contribution in [0.25, 0.3) is 32.6 Å². The van der Waals surface area contributed by atoms with Crippen molar-refractivity contribution >= 4 is 50.2 Å². The van der Waals surface area contributed by atoms with Crippen LogP contribution in [0.1, 0.15) is 59.9 Å². The van der Waals surface area contributed by atoms with Gasteiger partial charge in [-0.25, -0.2) is 0 Å². The summed E-state index contributed by atoms with van der Waals surface area (Å²) in [5, 5.41) is 6.42. The van der Waals surface area contributed by atoms with Crippen LogP contribution in [-0.4, -0.2) is 53.2 Å². The summed E-state index contributed by atoms with van der Waals surface area (Å²) >= 11 is 0. The number of nitrogens with one attached hydrogen (secondary N) is 1. The number of pyridine rings is 1. The summed E-state index contributed by atoms with van der Waals surface area (Å²) in [5.41, 5.74) is 1.09. The third-order valence-corrected chi connectivity index (χ3v) is 8.20. The summed E-state index contributed by atoms with van der Waals surface area (Å²) in [6, 6.07) is 13.6. The minimum Gasteiger partial charge on any atom is -0.487 e. The number of aromatic nitrogens is 1. The maximum absolute atomic E-state index is 14.5. The Morgan fingerprint density at radius 2 is 1.65 bits per heavy atom. The number of esters is 2. The van der Waals surface area contributed by atoms with E-state index in [4.69, 9.17) is 14.2 Å². The lowest BCUT2D eigenvalue weighted by atomic mass is 9.85. The van der Waals surface area contributed by atoms with Gasteiger partial charge in [-0.1, -0.05) is 38.1 Å². The number of rotatable bonds is 9. The highest BCUT2D eigenvalue weighted by Crippen LogP contribution is 2.51. The number of benzene rings is 3. The first-order valence-electron chi connectivity index (χ1n) is 15.0. The molecule has 0 saturated carbocycles. The first kappa shape index (κ1) is 30.4. The van der Waals surface area contributed by atoms with Crippen LogP contribution in [0.2, 0.25) is 0 Å². The predicted molar refractivity (Wildman–Crippen MR) is 170 cm³/mol. The Morgan fingerprint density at radius 3 is 2.26 bits per heavy atom. The molecular weight excluding hydrogens is 546 g/mol. The van der Waals surface area contributed by atoms with Gasteiger partial charge in [-0.15, -0.1) is 0 Å². The van der Waals surface area contributed by atoms with Crippen LogP contribution in [0.15, 0.2) is 47.3 Å². The molecule has 0 saturated heterocycles. The lowest BCUT2D eigenvalue weighted by Gasteiger charge is -2.44. The van der Waals surface area contributed by atoms with Crippen molar-refractivity contribution < 1.29 is 23.8 Å². The molecule has 228 valence electrons. The van der Waals surface area contributed by atoms with Crippen LogP contribution >= 0.6 is 0 Å². The first-order valence-corrected chi connectivity index (χ1v) is 15.0. The third-order valence-electron chi connectivity index (χ3n) is 8.20. The van der Waals surface area contributed by atoms with Gasteiger partial charge in [-0.3, -0.25) is 14.4 Å². The number of carbonyl (C=O) groups is 2. The molecule has 0 amide bonds. The number of anilines is 1. The van der Waals surface area contributed by atoms with Crippen molar-refractivity contribution in [2.75, 3.05) is 31.5 Å². The van der Waals surface area contributed by atoms with Crippen molar-refractivity contribution in [3.63, 3.8) is 0 Å². The molecule has 0 spiro atoms. The van der Waals surface area contributed by atoms with Gasteiger partial charge in [0, 0.05) is 38.9 Å². The van der Waals surface area contributed by atoms with Crippen LogP contribution in [-0.2, 0) is 31.9 Å². The minimum absolute atomic E-state index is 0.0435. The molecule has 1 aromatic heterocycles. The second kappa shape index (κ2) is 11.5. The van der Waals surface area contributed by atoms with Crippen LogP contribution in [0, 0.1) is 0 Å². The monoisotopic (exact) mass is 587 g/mol. The number of hydrogen-bond donors (Lipinski definition) is 1. The van der Waals surface area contributed by atoms with Gasteiger partial charge >= 0.3 is 11.9 Å². The van der Waals surface area contributed by atoms with E-state index in [-0.39, 0.29) is 11.8 Å². The lowest BCUT2D eigenvalue weighted by molar-refractivity contribution is -0.251. The zero-order chi connectivity index (χ0) is 31.1. The van der Waals surface area contributed by atoms with E-state index < -0.39 is 23.3 Å². The van der Waals surface area contributed by atoms with Crippen molar-refractivity contribution in [3.05, 3.63) is 58.3 Å². The van der Waals surface area contributed by atoms with E-state index in [1.54, 1.807) is 6.07 Å². The molecule has 1 aliphatic rings. The van der Waals surface area contributed by atoms with Gasteiger partial charge < -0.3 is 29.0 Å². The number of aryl methyl sites for hydroxylation is 1. The Bertz CT molecular complexity index is 1770. The summed E-state index contributed by atoms with van der Waals surface area (Å²) in [6.45, 7) is 14.0. The number of carbonyl (C=O) groups excluding carboxylic acids is 2. The molecule has 0 bridgehead atoms. The average molecular weight is 588 g/mol. The van der Waals surface area contributed by atoms with E-state index >= 15 is 0 Å². The predicted octanol–water partition coefficient (Wildman–Crippen LogP) is 5.83. The smallest absolute Gasteiger partial charge is 0.306 e. The highest BCUT2D eigenvalue weighted by Gasteiger charge is 2.53. The highest BCUT2D eigenvalue weighted by atomic mass is 16.7. The Morgan fingerprint density at radius 1 is 1.02 bits per heavy atom. The maximum atomic E-state index is 14.5. The van der Waals surface area contributed by atoms with E-state index in [0.717, 1.165) is 36.8 Å². The fourth-order valence-electron chi connectivity index (χ4n) is 6.45. The summed E-state index contributed by atoms with van der Waals surface area (Å²) in [7, 11) is 1.87. The summed E-state index contributed by atoms with van der Waals surface area (Å²) < 4.78 is 20.3. The van der Waals surface area contributed by atoms with E-state index in [0.29, 0.717) is 45.4 Å². The summed E-state index contributed by atoms with van der Waals surface area (Å²) in [6.07, 6.45) is 0.915. The molecule has 4 aromatic rings. The zero-order valence-corrected chi connectivity index (χ0v) is 26.1. The van der Waals surface area contributed by atoms with Crippen molar-refractivity contribution in [3.8, 4) is 5.75 Å². The number of ether oxygens (including phenoxy) is 3. The SMILES string of the molecule is CCN(CC)CCCNc1cc2c(c3c1c(=O)c1cc4ccccc4cc1n3C)C(OC(C)=O)(OC(C)=O)CC(C)(C)O2. The molecule has 9 nitrogen and oxygen atoms in total. The van der Waals surface area contributed by atoms with Gasteiger partial charge in [-0.05, 0) is 62.8 Å². The molecule has 0 fully saturated rings. The van der Waals surface area contributed by atoms with Gasteiger partial charge in [0.05, 0.1) is 28.5 Å². The van der Waals surface area contributed by atoms with E-state index in [1.807, 2.05) is 61.9 Å². The third kappa shape index (κ3) is 5.66. The number of fused-ring (bicyclic) bond motifs is 5. The maximum Gasteiger partial charge on any atom is 0.306 e. The van der Waals surface area contributed by atoms with Crippen LogP contribution in [0.4, 0.5) is 5.69 Å². The first-order chi connectivity index (χ1) is 20.4. The molecule has 9 heteroatoms. The normalized spacial score (nSPS) is 15.3. The van der Waals surface area contributed by atoms with Crippen molar-refractivity contribution in [2.24, 2.45) is 7.05 Å². The quantitative estimate of drug-likeness (QED) is 0.113. The van der Waals surface area contributed by atoms with Crippen LogP contribution < -0.4 is 15.5 Å². The summed E-state index contributed by atoms with van der Waals surface area (Å²) in [4.78, 5) is 42.0.